The summed E-state index contributed by atoms with van der Waals surface area (Å²) in [6.45, 7) is 4.57. The summed E-state index contributed by atoms with van der Waals surface area (Å²) in [5.41, 5.74) is 4.42. The summed E-state index contributed by atoms with van der Waals surface area (Å²) in [7, 11) is 0. The standard InChI is InChI=1S/C13H14I2/c1-9(2)7-11-8-10-5-3-4-6-12(10)13(11,14)15/h3-6,8-9H,7H2,1-2H3. The van der Waals surface area contributed by atoms with Crippen LogP contribution in [0.15, 0.2) is 29.8 Å². The Morgan fingerprint density at radius 1 is 1.20 bits per heavy atom. The Hall–Kier alpha value is 0.420. The number of halogens is 2. The van der Waals surface area contributed by atoms with E-state index in [0.717, 1.165) is 5.92 Å². The third kappa shape index (κ3) is 2.25. The number of alkyl halides is 2. The first kappa shape index (κ1) is 11.9. The Balaban J connectivity index is 2.40. The van der Waals surface area contributed by atoms with E-state index in [4.69, 9.17) is 0 Å². The van der Waals surface area contributed by atoms with Crippen molar-refractivity contribution < 1.29 is 0 Å². The van der Waals surface area contributed by atoms with Crippen molar-refractivity contribution in [2.24, 2.45) is 5.92 Å². The maximum atomic E-state index is 2.57. The van der Waals surface area contributed by atoms with Gasteiger partial charge in [0.1, 0.15) is 1.43 Å². The highest BCUT2D eigenvalue weighted by atomic mass is 127. The van der Waals surface area contributed by atoms with E-state index < -0.39 is 0 Å². The first-order valence-corrected chi connectivity index (χ1v) is 7.36. The SMILES string of the molecule is CC(C)CC1=Cc2ccccc2C1(I)I. The number of hydrogen-bond donors (Lipinski definition) is 0. The van der Waals surface area contributed by atoms with Gasteiger partial charge in [-0.05, 0) is 29.0 Å². The lowest BCUT2D eigenvalue weighted by molar-refractivity contribution is 0.636. The number of hydrogen-bond acceptors (Lipinski definition) is 0. The maximum absolute atomic E-state index is 2.57. The average molecular weight is 424 g/mol. The van der Waals surface area contributed by atoms with Crippen LogP contribution in [0.25, 0.3) is 6.08 Å². The summed E-state index contributed by atoms with van der Waals surface area (Å²) in [5.74, 6) is 0.731. The second-order valence-corrected chi connectivity index (χ2v) is 9.73. The van der Waals surface area contributed by atoms with Crippen LogP contribution in [0.5, 0.6) is 0 Å². The quantitative estimate of drug-likeness (QED) is 0.455. The van der Waals surface area contributed by atoms with Crippen LogP contribution in [0.3, 0.4) is 0 Å². The third-order valence-corrected chi connectivity index (χ3v) is 5.21. The molecule has 1 aromatic rings. The molecular weight excluding hydrogens is 410 g/mol. The molecule has 15 heavy (non-hydrogen) atoms. The molecule has 0 aromatic heterocycles. The fraction of sp³-hybridized carbons (Fsp3) is 0.385. The highest BCUT2D eigenvalue weighted by molar-refractivity contribution is 14.2. The molecule has 0 bridgehead atoms. The van der Waals surface area contributed by atoms with Gasteiger partial charge < -0.3 is 0 Å². The highest BCUT2D eigenvalue weighted by Gasteiger charge is 2.36. The minimum Gasteiger partial charge on any atom is -0.0625 e. The molecule has 0 heterocycles. The topological polar surface area (TPSA) is 0 Å². The van der Waals surface area contributed by atoms with Gasteiger partial charge in [0.05, 0.1) is 0 Å². The normalized spacial score (nSPS) is 17.8. The minimum absolute atomic E-state index is 0.177. The van der Waals surface area contributed by atoms with Crippen LogP contribution in [0, 0.1) is 5.92 Å². The molecule has 2 rings (SSSR count). The molecular formula is C13H14I2. The van der Waals surface area contributed by atoms with Crippen molar-refractivity contribution >= 4 is 51.3 Å². The molecule has 0 nitrogen and oxygen atoms in total. The van der Waals surface area contributed by atoms with Crippen LogP contribution >= 0.6 is 45.2 Å². The molecule has 0 amide bonds. The Bertz CT molecular complexity index is 403. The zero-order valence-corrected chi connectivity index (χ0v) is 13.2. The van der Waals surface area contributed by atoms with Crippen molar-refractivity contribution in [3.05, 3.63) is 41.0 Å². The lowest BCUT2D eigenvalue weighted by Crippen LogP contribution is -2.10. The maximum Gasteiger partial charge on any atom is 0.120 e. The molecule has 0 unspecified atom stereocenters. The summed E-state index contributed by atoms with van der Waals surface area (Å²) < 4.78 is 0.177. The van der Waals surface area contributed by atoms with Crippen LogP contribution in [0.2, 0.25) is 0 Å². The van der Waals surface area contributed by atoms with Gasteiger partial charge in [-0.3, -0.25) is 0 Å². The van der Waals surface area contributed by atoms with Crippen LogP contribution in [-0.4, -0.2) is 0 Å². The van der Waals surface area contributed by atoms with Gasteiger partial charge in [-0.1, -0.05) is 89.4 Å². The van der Waals surface area contributed by atoms with Crippen molar-refractivity contribution in [2.75, 3.05) is 0 Å². The molecule has 0 radical (unpaired) electrons. The predicted octanol–water partition coefficient (Wildman–Crippen LogP) is 5.15. The zero-order valence-electron chi connectivity index (χ0n) is 8.93. The molecule has 1 aliphatic carbocycles. The largest absolute Gasteiger partial charge is 0.120 e. The molecule has 0 fully saturated rings. The van der Waals surface area contributed by atoms with Crippen LogP contribution < -0.4 is 0 Å². The van der Waals surface area contributed by atoms with Gasteiger partial charge in [0.15, 0.2) is 0 Å². The number of benzene rings is 1. The first-order valence-electron chi connectivity index (χ1n) is 5.20. The molecule has 0 N–H and O–H groups in total. The van der Waals surface area contributed by atoms with Crippen molar-refractivity contribution in [2.45, 2.75) is 21.7 Å². The summed E-state index contributed by atoms with van der Waals surface area (Å²) >= 11 is 5.14. The zero-order chi connectivity index (χ0) is 11.1. The third-order valence-electron chi connectivity index (χ3n) is 2.66. The average Bonchev–Trinajstić information content (AvgIpc) is 2.39. The second kappa shape index (κ2) is 4.35. The summed E-state index contributed by atoms with van der Waals surface area (Å²) in [5, 5.41) is 0. The van der Waals surface area contributed by atoms with Gasteiger partial charge >= 0.3 is 0 Å². The van der Waals surface area contributed by atoms with Crippen LogP contribution in [0.1, 0.15) is 31.4 Å². The number of fused-ring (bicyclic) bond motifs is 1. The lowest BCUT2D eigenvalue weighted by atomic mass is 10.0. The molecule has 1 aliphatic rings. The molecule has 0 saturated carbocycles. The van der Waals surface area contributed by atoms with Crippen molar-refractivity contribution in [3.63, 3.8) is 0 Å². The fourth-order valence-corrected chi connectivity index (χ4v) is 3.72. The fourth-order valence-electron chi connectivity index (χ4n) is 1.99. The molecule has 80 valence electrons. The Morgan fingerprint density at radius 2 is 1.87 bits per heavy atom. The molecule has 0 atom stereocenters. The second-order valence-electron chi connectivity index (χ2n) is 4.43. The van der Waals surface area contributed by atoms with E-state index in [-0.39, 0.29) is 1.43 Å². The van der Waals surface area contributed by atoms with Gasteiger partial charge in [-0.25, -0.2) is 0 Å². The summed E-state index contributed by atoms with van der Waals surface area (Å²) in [6.07, 6.45) is 3.56. The van der Waals surface area contributed by atoms with E-state index in [1.807, 2.05) is 0 Å². The monoisotopic (exact) mass is 424 g/mol. The van der Waals surface area contributed by atoms with Gasteiger partial charge in [-0.2, -0.15) is 0 Å². The minimum atomic E-state index is 0.177. The lowest BCUT2D eigenvalue weighted by Gasteiger charge is -2.21. The Labute approximate surface area is 119 Å². The van der Waals surface area contributed by atoms with E-state index in [1.165, 1.54) is 17.5 Å². The van der Waals surface area contributed by atoms with E-state index in [9.17, 15) is 0 Å². The molecule has 2 heteroatoms. The van der Waals surface area contributed by atoms with Gasteiger partial charge in [0, 0.05) is 0 Å². The number of rotatable bonds is 2. The summed E-state index contributed by atoms with van der Waals surface area (Å²) in [4.78, 5) is 0. The van der Waals surface area contributed by atoms with Gasteiger partial charge in [0.2, 0.25) is 0 Å². The molecule has 0 saturated heterocycles. The van der Waals surface area contributed by atoms with E-state index in [1.54, 1.807) is 5.57 Å². The molecule has 0 spiro atoms. The predicted molar refractivity (Wildman–Crippen MR) is 83.6 cm³/mol. The van der Waals surface area contributed by atoms with E-state index >= 15 is 0 Å². The molecule has 1 aromatic carbocycles. The van der Waals surface area contributed by atoms with Gasteiger partial charge in [0.25, 0.3) is 0 Å². The van der Waals surface area contributed by atoms with E-state index in [2.05, 4.69) is 89.4 Å². The van der Waals surface area contributed by atoms with E-state index in [0.29, 0.717) is 0 Å². The Morgan fingerprint density at radius 3 is 2.47 bits per heavy atom. The van der Waals surface area contributed by atoms with Crippen molar-refractivity contribution in [3.8, 4) is 0 Å². The number of allylic oxidation sites excluding steroid dienone is 1. The smallest absolute Gasteiger partial charge is 0.0625 e. The highest BCUT2D eigenvalue weighted by Crippen LogP contribution is 2.53. The van der Waals surface area contributed by atoms with Gasteiger partial charge in [-0.15, -0.1) is 0 Å². The summed E-state index contributed by atoms with van der Waals surface area (Å²) in [6, 6.07) is 8.72. The Kier molecular flexibility index (Phi) is 3.45. The van der Waals surface area contributed by atoms with Crippen LogP contribution in [0.4, 0.5) is 0 Å². The van der Waals surface area contributed by atoms with Crippen molar-refractivity contribution in [1.82, 2.24) is 0 Å². The first-order chi connectivity index (χ1) is 7.01. The van der Waals surface area contributed by atoms with Crippen LogP contribution in [-0.2, 0) is 1.43 Å². The van der Waals surface area contributed by atoms with Crippen molar-refractivity contribution in [1.29, 1.82) is 0 Å². The molecule has 0 aliphatic heterocycles.